The molecule has 0 amide bonds. The Labute approximate surface area is 182 Å². The monoisotopic (exact) mass is 446 g/mol. The minimum absolute atomic E-state index is 0.0174. The summed E-state index contributed by atoms with van der Waals surface area (Å²) in [7, 11) is 1.27. The van der Waals surface area contributed by atoms with E-state index in [1.807, 2.05) is 0 Å². The van der Waals surface area contributed by atoms with Crippen molar-refractivity contribution in [1.29, 1.82) is 0 Å². The molecule has 2 aromatic carbocycles. The molecule has 0 saturated carbocycles. The minimum atomic E-state index is -1.71. The van der Waals surface area contributed by atoms with Gasteiger partial charge in [-0.15, -0.1) is 0 Å². The van der Waals surface area contributed by atoms with Gasteiger partial charge < -0.3 is 39.7 Å². The number of ether oxygens (including phenoxy) is 3. The Kier molecular flexibility index (Phi) is 5.99. The van der Waals surface area contributed by atoms with Gasteiger partial charge in [0, 0.05) is 16.7 Å². The maximum Gasteiger partial charge on any atom is 0.229 e. The lowest BCUT2D eigenvalue weighted by Crippen LogP contribution is -2.60. The summed E-state index contributed by atoms with van der Waals surface area (Å²) in [6, 6.07) is 7.53. The molecule has 0 aromatic heterocycles. The molecule has 1 saturated heterocycles. The lowest BCUT2D eigenvalue weighted by molar-refractivity contribution is -0.277. The van der Waals surface area contributed by atoms with Gasteiger partial charge >= 0.3 is 0 Å². The molecule has 2 aromatic rings. The topological polar surface area (TPSA) is 163 Å². The molecule has 10 nitrogen and oxygen atoms in total. The van der Waals surface area contributed by atoms with Gasteiger partial charge in [-0.1, -0.05) is 24.3 Å². The Morgan fingerprint density at radius 1 is 0.938 bits per heavy atom. The van der Waals surface area contributed by atoms with Crippen molar-refractivity contribution in [2.45, 2.75) is 37.3 Å². The van der Waals surface area contributed by atoms with Gasteiger partial charge in [0.1, 0.15) is 35.9 Å². The summed E-state index contributed by atoms with van der Waals surface area (Å²) in [5, 5.41) is 49.6. The van der Waals surface area contributed by atoms with Gasteiger partial charge in [-0.05, 0) is 6.07 Å². The standard InChI is InChI=1S/C22H22O10/c1-30-21-12(7-23)13(31-22-20(29)19(28)18(27)14(8-24)32-22)6-11-15(21)17(26)10-5-3-2-4-9(10)16(11)25/h2-6,14,18-20,22-24,27-29H,7-8H2,1H3. The minimum Gasteiger partial charge on any atom is -0.495 e. The van der Waals surface area contributed by atoms with E-state index in [1.165, 1.54) is 25.3 Å². The van der Waals surface area contributed by atoms with Crippen molar-refractivity contribution in [3.05, 3.63) is 58.1 Å². The molecule has 1 fully saturated rings. The summed E-state index contributed by atoms with van der Waals surface area (Å²) < 4.78 is 16.4. The number of carbonyl (C=O) groups is 2. The summed E-state index contributed by atoms with van der Waals surface area (Å²) in [5.41, 5.74) is 0.366. The molecule has 32 heavy (non-hydrogen) atoms. The second-order valence-corrected chi connectivity index (χ2v) is 7.49. The maximum absolute atomic E-state index is 13.1. The molecule has 1 aliphatic carbocycles. The van der Waals surface area contributed by atoms with Crippen LogP contribution in [0.2, 0.25) is 0 Å². The number of rotatable bonds is 5. The van der Waals surface area contributed by atoms with Crippen LogP contribution in [0, 0.1) is 0 Å². The first-order chi connectivity index (χ1) is 15.3. The van der Waals surface area contributed by atoms with E-state index in [9.17, 15) is 35.1 Å². The molecular weight excluding hydrogens is 424 g/mol. The highest BCUT2D eigenvalue weighted by atomic mass is 16.7. The van der Waals surface area contributed by atoms with Crippen LogP contribution in [0.1, 0.15) is 37.4 Å². The van der Waals surface area contributed by atoms with E-state index >= 15 is 0 Å². The Morgan fingerprint density at radius 3 is 2.19 bits per heavy atom. The number of fused-ring (bicyclic) bond motifs is 2. The first-order valence-electron chi connectivity index (χ1n) is 9.84. The van der Waals surface area contributed by atoms with Gasteiger partial charge in [-0.25, -0.2) is 0 Å². The van der Waals surface area contributed by atoms with Crippen molar-refractivity contribution in [2.24, 2.45) is 0 Å². The zero-order chi connectivity index (χ0) is 23.2. The number of aliphatic hydroxyl groups excluding tert-OH is 5. The summed E-state index contributed by atoms with van der Waals surface area (Å²) in [6.45, 7) is -1.30. The van der Waals surface area contributed by atoms with Gasteiger partial charge in [0.05, 0.1) is 31.5 Å². The third kappa shape index (κ3) is 3.37. The van der Waals surface area contributed by atoms with Crippen LogP contribution in [0.4, 0.5) is 0 Å². The average Bonchev–Trinajstić information content (AvgIpc) is 2.81. The predicted octanol–water partition coefficient (Wildman–Crippen LogP) is -0.858. The van der Waals surface area contributed by atoms with Gasteiger partial charge in [-0.2, -0.15) is 0 Å². The molecule has 0 bridgehead atoms. The van der Waals surface area contributed by atoms with E-state index < -0.39 is 55.5 Å². The normalized spacial score (nSPS) is 27.0. The highest BCUT2D eigenvalue weighted by Gasteiger charge is 2.45. The third-order valence-corrected chi connectivity index (χ3v) is 5.69. The van der Waals surface area contributed by atoms with Gasteiger partial charge in [0.2, 0.25) is 6.29 Å². The molecule has 4 rings (SSSR count). The van der Waals surface area contributed by atoms with Crippen LogP contribution in [0.25, 0.3) is 0 Å². The first-order valence-corrected chi connectivity index (χ1v) is 9.84. The number of benzene rings is 2. The summed E-state index contributed by atoms with van der Waals surface area (Å²) in [6.07, 6.45) is -7.75. The second-order valence-electron chi connectivity index (χ2n) is 7.49. The van der Waals surface area contributed by atoms with E-state index in [0.29, 0.717) is 0 Å². The second kappa shape index (κ2) is 8.58. The Balaban J connectivity index is 1.81. The van der Waals surface area contributed by atoms with Crippen LogP contribution in [-0.2, 0) is 11.3 Å². The average molecular weight is 446 g/mol. The lowest BCUT2D eigenvalue weighted by Gasteiger charge is -2.39. The van der Waals surface area contributed by atoms with Crippen molar-refractivity contribution >= 4 is 11.6 Å². The van der Waals surface area contributed by atoms with Crippen LogP contribution in [-0.4, -0.2) is 81.5 Å². The predicted molar refractivity (Wildman–Crippen MR) is 107 cm³/mol. The van der Waals surface area contributed by atoms with Crippen molar-refractivity contribution < 1.29 is 49.3 Å². The highest BCUT2D eigenvalue weighted by molar-refractivity contribution is 6.29. The quantitative estimate of drug-likeness (QED) is 0.333. The van der Waals surface area contributed by atoms with Crippen LogP contribution >= 0.6 is 0 Å². The van der Waals surface area contributed by atoms with Crippen molar-refractivity contribution in [3.63, 3.8) is 0 Å². The highest BCUT2D eigenvalue weighted by Crippen LogP contribution is 2.41. The summed E-state index contributed by atoms with van der Waals surface area (Å²) in [4.78, 5) is 26.2. The molecular formula is C22H22O10. The van der Waals surface area contributed by atoms with Crippen molar-refractivity contribution in [3.8, 4) is 11.5 Å². The molecule has 0 radical (unpaired) electrons. The molecule has 5 unspecified atom stereocenters. The number of carbonyl (C=O) groups excluding carboxylic acids is 2. The molecule has 1 heterocycles. The molecule has 1 aliphatic heterocycles. The fraction of sp³-hybridized carbons (Fsp3) is 0.364. The molecule has 2 aliphatic rings. The zero-order valence-corrected chi connectivity index (χ0v) is 17.0. The van der Waals surface area contributed by atoms with E-state index in [-0.39, 0.29) is 39.3 Å². The van der Waals surface area contributed by atoms with Crippen molar-refractivity contribution in [2.75, 3.05) is 13.7 Å². The third-order valence-electron chi connectivity index (χ3n) is 5.69. The van der Waals surface area contributed by atoms with Crippen LogP contribution in [0.3, 0.4) is 0 Å². The number of hydrogen-bond acceptors (Lipinski definition) is 10. The fourth-order valence-electron chi connectivity index (χ4n) is 4.01. The molecule has 170 valence electrons. The van der Waals surface area contributed by atoms with Crippen molar-refractivity contribution in [1.82, 2.24) is 0 Å². The molecule has 10 heteroatoms. The Hall–Kier alpha value is -2.86. The number of hydrogen-bond donors (Lipinski definition) is 5. The lowest BCUT2D eigenvalue weighted by atomic mass is 9.82. The Bertz CT molecular complexity index is 1060. The fourth-order valence-corrected chi connectivity index (χ4v) is 4.01. The Morgan fingerprint density at radius 2 is 1.59 bits per heavy atom. The molecule has 5 atom stereocenters. The van der Waals surface area contributed by atoms with Gasteiger partial charge in [0.25, 0.3) is 0 Å². The van der Waals surface area contributed by atoms with E-state index in [1.54, 1.807) is 12.1 Å². The maximum atomic E-state index is 13.1. The van der Waals surface area contributed by atoms with E-state index in [0.717, 1.165) is 0 Å². The van der Waals surface area contributed by atoms with Crippen LogP contribution in [0.15, 0.2) is 30.3 Å². The first kappa shape index (κ1) is 22.3. The van der Waals surface area contributed by atoms with Gasteiger partial charge in [0.15, 0.2) is 11.6 Å². The molecule has 5 N–H and O–H groups in total. The summed E-state index contributed by atoms with van der Waals surface area (Å²) in [5.74, 6) is -1.12. The smallest absolute Gasteiger partial charge is 0.229 e. The zero-order valence-electron chi connectivity index (χ0n) is 17.0. The number of methoxy groups -OCH3 is 1. The number of aliphatic hydroxyl groups is 5. The largest absolute Gasteiger partial charge is 0.495 e. The van der Waals surface area contributed by atoms with E-state index in [2.05, 4.69) is 0 Å². The van der Waals surface area contributed by atoms with E-state index in [4.69, 9.17) is 14.2 Å². The molecule has 0 spiro atoms. The van der Waals surface area contributed by atoms with Crippen LogP contribution < -0.4 is 9.47 Å². The van der Waals surface area contributed by atoms with Crippen LogP contribution in [0.5, 0.6) is 11.5 Å². The SMILES string of the molecule is COc1c(CO)c(OC2OC(CO)C(O)C(O)C2O)cc2c1C(=O)c1ccccc1C2=O. The summed E-state index contributed by atoms with van der Waals surface area (Å²) >= 11 is 0. The van der Waals surface area contributed by atoms with Gasteiger partial charge in [-0.3, -0.25) is 9.59 Å². The number of ketones is 2.